The zero-order valence-electron chi connectivity index (χ0n) is 14.5. The Hall–Kier alpha value is -2.22. The number of halogens is 2. The van der Waals surface area contributed by atoms with Gasteiger partial charge in [0.1, 0.15) is 11.6 Å². The summed E-state index contributed by atoms with van der Waals surface area (Å²) >= 11 is 0. The van der Waals surface area contributed by atoms with Crippen LogP contribution in [0.25, 0.3) is 11.6 Å². The molecule has 1 saturated heterocycles. The van der Waals surface area contributed by atoms with Gasteiger partial charge in [-0.15, -0.1) is 0 Å². The Balaban J connectivity index is 1.57. The Labute approximate surface area is 150 Å². The molecule has 6 nitrogen and oxygen atoms in total. The average Bonchev–Trinajstić information content (AvgIpc) is 3.19. The second-order valence-electron chi connectivity index (χ2n) is 6.79. The van der Waals surface area contributed by atoms with Crippen molar-refractivity contribution in [2.45, 2.75) is 37.6 Å². The first-order chi connectivity index (χ1) is 12.6. The monoisotopic (exact) mass is 364 g/mol. The van der Waals surface area contributed by atoms with Gasteiger partial charge in [0.15, 0.2) is 11.6 Å². The Morgan fingerprint density at radius 2 is 1.92 bits per heavy atom. The Kier molecular flexibility index (Phi) is 4.76. The fourth-order valence-corrected chi connectivity index (χ4v) is 3.37. The largest absolute Gasteiger partial charge is 0.461 e. The molecule has 0 unspecified atom stereocenters. The molecular formula is C18H22F2N4O2. The summed E-state index contributed by atoms with van der Waals surface area (Å²) in [5.41, 5.74) is 0. The van der Waals surface area contributed by atoms with Gasteiger partial charge >= 0.3 is 0 Å². The van der Waals surface area contributed by atoms with Crippen molar-refractivity contribution < 1.29 is 17.9 Å². The van der Waals surface area contributed by atoms with E-state index in [-0.39, 0.29) is 18.9 Å². The van der Waals surface area contributed by atoms with Crippen LogP contribution in [0.2, 0.25) is 0 Å². The molecule has 2 aliphatic rings. The van der Waals surface area contributed by atoms with Crippen LogP contribution in [0.1, 0.15) is 25.7 Å². The first kappa shape index (κ1) is 17.2. The van der Waals surface area contributed by atoms with Gasteiger partial charge in [0.2, 0.25) is 5.92 Å². The first-order valence-electron chi connectivity index (χ1n) is 8.99. The van der Waals surface area contributed by atoms with Gasteiger partial charge in [-0.1, -0.05) is 0 Å². The van der Waals surface area contributed by atoms with E-state index in [1.54, 1.807) is 12.3 Å². The normalized spacial score (nSPS) is 20.9. The number of rotatable bonds is 4. The lowest BCUT2D eigenvalue weighted by molar-refractivity contribution is -0.0361. The van der Waals surface area contributed by atoms with Crippen molar-refractivity contribution in [3.63, 3.8) is 0 Å². The molecule has 26 heavy (non-hydrogen) atoms. The number of furan rings is 1. The maximum absolute atomic E-state index is 13.4. The number of aromatic nitrogens is 2. The molecule has 0 aromatic carbocycles. The zero-order chi connectivity index (χ0) is 18.0. The smallest absolute Gasteiger partial charge is 0.248 e. The van der Waals surface area contributed by atoms with Crippen LogP contribution in [0, 0.1) is 0 Å². The van der Waals surface area contributed by atoms with Gasteiger partial charge in [-0.3, -0.25) is 0 Å². The molecule has 2 fully saturated rings. The molecule has 3 heterocycles. The van der Waals surface area contributed by atoms with Crippen molar-refractivity contribution in [3.05, 3.63) is 24.5 Å². The van der Waals surface area contributed by atoms with Crippen LogP contribution in [-0.4, -0.2) is 48.2 Å². The van der Waals surface area contributed by atoms with Crippen LogP contribution < -0.4 is 10.2 Å². The predicted molar refractivity (Wildman–Crippen MR) is 93.6 cm³/mol. The minimum absolute atomic E-state index is 0.00786. The molecule has 1 N–H and O–H groups in total. The highest BCUT2D eigenvalue weighted by atomic mass is 19.3. The number of morpholine rings is 1. The van der Waals surface area contributed by atoms with Crippen molar-refractivity contribution in [3.8, 4) is 11.6 Å². The lowest BCUT2D eigenvalue weighted by atomic mass is 9.92. The van der Waals surface area contributed by atoms with Gasteiger partial charge in [-0.2, -0.15) is 0 Å². The Morgan fingerprint density at radius 1 is 1.15 bits per heavy atom. The van der Waals surface area contributed by atoms with Crippen molar-refractivity contribution in [2.24, 2.45) is 0 Å². The molecular weight excluding hydrogens is 342 g/mol. The SMILES string of the molecule is FC1(F)CCC(Nc2cc(N3CCOCC3)nc(-c3ccco3)n2)CC1. The van der Waals surface area contributed by atoms with Gasteiger partial charge in [0, 0.05) is 38.0 Å². The third-order valence-electron chi connectivity index (χ3n) is 4.86. The summed E-state index contributed by atoms with van der Waals surface area (Å²) in [5, 5.41) is 3.32. The Bertz CT molecular complexity index is 723. The molecule has 2 aromatic heterocycles. The molecule has 4 rings (SSSR count). The molecule has 1 saturated carbocycles. The highest BCUT2D eigenvalue weighted by Gasteiger charge is 2.35. The molecule has 140 valence electrons. The second-order valence-corrected chi connectivity index (χ2v) is 6.79. The summed E-state index contributed by atoms with van der Waals surface area (Å²) in [6.07, 6.45) is 2.27. The maximum Gasteiger partial charge on any atom is 0.248 e. The van der Waals surface area contributed by atoms with Crippen LogP contribution in [0.5, 0.6) is 0 Å². The van der Waals surface area contributed by atoms with E-state index >= 15 is 0 Å². The number of nitrogens with one attached hydrogen (secondary N) is 1. The van der Waals surface area contributed by atoms with Gasteiger partial charge in [0.05, 0.1) is 19.5 Å². The topological polar surface area (TPSA) is 63.4 Å². The predicted octanol–water partition coefficient (Wildman–Crippen LogP) is 3.56. The number of alkyl halides is 2. The number of hydrogen-bond donors (Lipinski definition) is 1. The minimum atomic E-state index is -2.54. The van der Waals surface area contributed by atoms with Gasteiger partial charge < -0.3 is 19.4 Å². The van der Waals surface area contributed by atoms with Gasteiger partial charge in [-0.25, -0.2) is 18.7 Å². The van der Waals surface area contributed by atoms with E-state index in [0.717, 1.165) is 18.9 Å². The lowest BCUT2D eigenvalue weighted by Gasteiger charge is -2.30. The van der Waals surface area contributed by atoms with E-state index in [9.17, 15) is 8.78 Å². The van der Waals surface area contributed by atoms with Crippen LogP contribution in [-0.2, 0) is 4.74 Å². The summed E-state index contributed by atoms with van der Waals surface area (Å²) in [7, 11) is 0. The van der Waals surface area contributed by atoms with E-state index in [1.807, 2.05) is 12.1 Å². The van der Waals surface area contributed by atoms with Crippen LogP contribution >= 0.6 is 0 Å². The van der Waals surface area contributed by atoms with Gasteiger partial charge in [-0.05, 0) is 25.0 Å². The van der Waals surface area contributed by atoms with Crippen LogP contribution in [0.15, 0.2) is 28.9 Å². The first-order valence-corrected chi connectivity index (χ1v) is 8.99. The summed E-state index contributed by atoms with van der Waals surface area (Å²) in [4.78, 5) is 11.3. The van der Waals surface area contributed by atoms with Crippen molar-refractivity contribution in [1.29, 1.82) is 0 Å². The third-order valence-corrected chi connectivity index (χ3v) is 4.86. The highest BCUT2D eigenvalue weighted by molar-refractivity contribution is 5.58. The molecule has 0 atom stereocenters. The fourth-order valence-electron chi connectivity index (χ4n) is 3.37. The van der Waals surface area contributed by atoms with Crippen LogP contribution in [0.4, 0.5) is 20.4 Å². The molecule has 0 spiro atoms. The molecule has 0 bridgehead atoms. The molecule has 1 aliphatic heterocycles. The summed E-state index contributed by atoms with van der Waals surface area (Å²) in [6, 6.07) is 5.47. The second kappa shape index (κ2) is 7.19. The van der Waals surface area contributed by atoms with E-state index < -0.39 is 5.92 Å². The number of nitrogens with zero attached hydrogens (tertiary/aromatic N) is 3. The van der Waals surface area contributed by atoms with Gasteiger partial charge in [0.25, 0.3) is 0 Å². The minimum Gasteiger partial charge on any atom is -0.461 e. The number of ether oxygens (including phenoxy) is 1. The zero-order valence-corrected chi connectivity index (χ0v) is 14.5. The molecule has 0 radical (unpaired) electrons. The summed E-state index contributed by atoms with van der Waals surface area (Å²) in [6.45, 7) is 2.81. The van der Waals surface area contributed by atoms with Crippen LogP contribution in [0.3, 0.4) is 0 Å². The van der Waals surface area contributed by atoms with E-state index in [4.69, 9.17) is 9.15 Å². The lowest BCUT2D eigenvalue weighted by Crippen LogP contribution is -2.37. The fraction of sp³-hybridized carbons (Fsp3) is 0.556. The highest BCUT2D eigenvalue weighted by Crippen LogP contribution is 2.34. The van der Waals surface area contributed by atoms with Crippen molar-refractivity contribution in [1.82, 2.24) is 9.97 Å². The number of anilines is 2. The van der Waals surface area contributed by atoms with E-state index in [1.165, 1.54) is 0 Å². The maximum atomic E-state index is 13.4. The quantitative estimate of drug-likeness (QED) is 0.895. The summed E-state index contributed by atoms with van der Waals surface area (Å²) in [5.74, 6) is -0.0373. The van der Waals surface area contributed by atoms with Crippen molar-refractivity contribution >= 4 is 11.6 Å². The van der Waals surface area contributed by atoms with E-state index in [0.29, 0.717) is 43.5 Å². The average molecular weight is 364 g/mol. The molecule has 0 amide bonds. The Morgan fingerprint density at radius 3 is 2.62 bits per heavy atom. The van der Waals surface area contributed by atoms with E-state index in [2.05, 4.69) is 20.2 Å². The standard InChI is InChI=1S/C18H22F2N4O2/c19-18(20)5-3-13(4-6-18)21-15-12-16(24-7-10-25-11-8-24)23-17(22-15)14-2-1-9-26-14/h1-2,9,12-13H,3-8,10-11H2,(H,21,22,23). The molecule has 8 heteroatoms. The van der Waals surface area contributed by atoms with Crippen molar-refractivity contribution in [2.75, 3.05) is 36.5 Å². The third kappa shape index (κ3) is 3.95. The number of hydrogen-bond acceptors (Lipinski definition) is 6. The molecule has 2 aromatic rings. The summed E-state index contributed by atoms with van der Waals surface area (Å²) < 4.78 is 37.6. The molecule has 1 aliphatic carbocycles.